The lowest BCUT2D eigenvalue weighted by Gasteiger charge is -2.33. The minimum absolute atomic E-state index is 0.213. The second-order valence-corrected chi connectivity index (χ2v) is 5.85. The van der Waals surface area contributed by atoms with Crippen molar-refractivity contribution in [2.24, 2.45) is 5.92 Å². The average Bonchev–Trinajstić information content (AvgIpc) is 2.38. The SMILES string of the molecule is CC(C)N(CC1CCCNC1)c1ncc(Cl)cc1F. The molecule has 19 heavy (non-hydrogen) atoms. The number of nitrogens with zero attached hydrogens (tertiary/aromatic N) is 2. The molecule has 1 aromatic heterocycles. The molecule has 1 unspecified atom stereocenters. The predicted molar refractivity (Wildman–Crippen MR) is 77.3 cm³/mol. The van der Waals surface area contributed by atoms with Crippen LogP contribution in [0.4, 0.5) is 10.2 Å². The zero-order chi connectivity index (χ0) is 13.8. The molecular weight excluding hydrogens is 265 g/mol. The summed E-state index contributed by atoms with van der Waals surface area (Å²) >= 11 is 5.76. The summed E-state index contributed by atoms with van der Waals surface area (Å²) < 4.78 is 14.0. The van der Waals surface area contributed by atoms with E-state index in [9.17, 15) is 4.39 Å². The number of hydrogen-bond acceptors (Lipinski definition) is 3. The lowest BCUT2D eigenvalue weighted by atomic mass is 9.98. The standard InChI is InChI=1S/C14H21ClFN3/c1-10(2)19(9-11-4-3-5-17-7-11)14-13(16)6-12(15)8-18-14/h6,8,10-11,17H,3-5,7,9H2,1-2H3. The molecule has 1 N–H and O–H groups in total. The molecular formula is C14H21ClFN3. The lowest BCUT2D eigenvalue weighted by Crippen LogP contribution is -2.42. The van der Waals surface area contributed by atoms with Gasteiger partial charge in [-0.05, 0) is 51.8 Å². The summed E-state index contributed by atoms with van der Waals surface area (Å²) in [5.41, 5.74) is 0. The first kappa shape index (κ1) is 14.5. The van der Waals surface area contributed by atoms with Crippen LogP contribution in [0.2, 0.25) is 5.02 Å². The highest BCUT2D eigenvalue weighted by atomic mass is 35.5. The molecule has 3 nitrogen and oxygen atoms in total. The lowest BCUT2D eigenvalue weighted by molar-refractivity contribution is 0.369. The van der Waals surface area contributed by atoms with E-state index in [1.165, 1.54) is 25.1 Å². The highest BCUT2D eigenvalue weighted by Gasteiger charge is 2.22. The first-order valence-corrected chi connectivity index (χ1v) is 7.24. The molecule has 5 heteroatoms. The summed E-state index contributed by atoms with van der Waals surface area (Å²) in [7, 11) is 0. The minimum atomic E-state index is -0.343. The molecule has 106 valence electrons. The van der Waals surface area contributed by atoms with Gasteiger partial charge < -0.3 is 10.2 Å². The van der Waals surface area contributed by atoms with Crippen LogP contribution in [-0.4, -0.2) is 30.7 Å². The van der Waals surface area contributed by atoms with Crippen LogP contribution in [-0.2, 0) is 0 Å². The van der Waals surface area contributed by atoms with Crippen molar-refractivity contribution in [1.29, 1.82) is 0 Å². The molecule has 1 aromatic rings. The normalized spacial score (nSPS) is 19.7. The second kappa shape index (κ2) is 6.53. The maximum atomic E-state index is 14.0. The predicted octanol–water partition coefficient (Wildman–Crippen LogP) is 3.09. The van der Waals surface area contributed by atoms with Gasteiger partial charge in [-0.25, -0.2) is 9.37 Å². The Bertz CT molecular complexity index is 419. The van der Waals surface area contributed by atoms with Gasteiger partial charge in [-0.2, -0.15) is 0 Å². The van der Waals surface area contributed by atoms with Crippen LogP contribution in [0.25, 0.3) is 0 Å². The molecule has 0 radical (unpaired) electrons. The van der Waals surface area contributed by atoms with Crippen molar-refractivity contribution in [3.05, 3.63) is 23.1 Å². The molecule has 0 bridgehead atoms. The third-order valence-corrected chi connectivity index (χ3v) is 3.74. The van der Waals surface area contributed by atoms with E-state index in [1.807, 2.05) is 4.90 Å². The first-order valence-electron chi connectivity index (χ1n) is 6.86. The second-order valence-electron chi connectivity index (χ2n) is 5.42. The Hall–Kier alpha value is -0.870. The van der Waals surface area contributed by atoms with E-state index in [0.29, 0.717) is 16.8 Å². The summed E-state index contributed by atoms with van der Waals surface area (Å²) in [6, 6.07) is 1.54. The van der Waals surface area contributed by atoms with Crippen molar-refractivity contribution in [2.45, 2.75) is 32.7 Å². The molecule has 0 spiro atoms. The highest BCUT2D eigenvalue weighted by molar-refractivity contribution is 6.30. The molecule has 2 heterocycles. The van der Waals surface area contributed by atoms with Crippen LogP contribution >= 0.6 is 11.6 Å². The highest BCUT2D eigenvalue weighted by Crippen LogP contribution is 2.24. The number of nitrogens with one attached hydrogen (secondary N) is 1. The molecule has 1 saturated heterocycles. The smallest absolute Gasteiger partial charge is 0.167 e. The third-order valence-electron chi connectivity index (χ3n) is 3.54. The van der Waals surface area contributed by atoms with Gasteiger partial charge >= 0.3 is 0 Å². The van der Waals surface area contributed by atoms with Crippen LogP contribution in [0.15, 0.2) is 12.3 Å². The molecule has 1 atom stereocenters. The molecule has 1 aliphatic heterocycles. The van der Waals surface area contributed by atoms with Gasteiger partial charge in [0.15, 0.2) is 11.6 Å². The molecule has 0 saturated carbocycles. The number of hydrogen-bond donors (Lipinski definition) is 1. The van der Waals surface area contributed by atoms with Crippen LogP contribution in [0.5, 0.6) is 0 Å². The van der Waals surface area contributed by atoms with Crippen molar-refractivity contribution < 1.29 is 4.39 Å². The van der Waals surface area contributed by atoms with E-state index in [4.69, 9.17) is 11.6 Å². The minimum Gasteiger partial charge on any atom is -0.351 e. The van der Waals surface area contributed by atoms with Gasteiger partial charge in [0, 0.05) is 18.8 Å². The maximum absolute atomic E-state index is 14.0. The molecule has 0 amide bonds. The van der Waals surface area contributed by atoms with Gasteiger partial charge in [-0.3, -0.25) is 0 Å². The van der Waals surface area contributed by atoms with E-state index in [1.54, 1.807) is 0 Å². The van der Waals surface area contributed by atoms with Gasteiger partial charge in [0.25, 0.3) is 0 Å². The van der Waals surface area contributed by atoms with Crippen molar-refractivity contribution in [1.82, 2.24) is 10.3 Å². The van der Waals surface area contributed by atoms with Crippen LogP contribution in [0.3, 0.4) is 0 Å². The first-order chi connectivity index (χ1) is 9.08. The molecule has 0 aromatic carbocycles. The zero-order valence-electron chi connectivity index (χ0n) is 11.5. The van der Waals surface area contributed by atoms with Crippen molar-refractivity contribution in [3.8, 4) is 0 Å². The zero-order valence-corrected chi connectivity index (χ0v) is 12.3. The van der Waals surface area contributed by atoms with Crippen molar-refractivity contribution >= 4 is 17.4 Å². The van der Waals surface area contributed by atoms with E-state index >= 15 is 0 Å². The van der Waals surface area contributed by atoms with E-state index in [0.717, 1.165) is 19.6 Å². The fraction of sp³-hybridized carbons (Fsp3) is 0.643. The number of halogens is 2. The van der Waals surface area contributed by atoms with Gasteiger partial charge in [-0.1, -0.05) is 11.6 Å². The Morgan fingerprint density at radius 2 is 2.37 bits per heavy atom. The van der Waals surface area contributed by atoms with Crippen LogP contribution in [0, 0.1) is 11.7 Å². The van der Waals surface area contributed by atoms with Gasteiger partial charge in [0.1, 0.15) is 0 Å². The van der Waals surface area contributed by atoms with Crippen LogP contribution < -0.4 is 10.2 Å². The summed E-state index contributed by atoms with van der Waals surface area (Å²) in [6.45, 7) is 7.04. The Morgan fingerprint density at radius 3 is 2.95 bits per heavy atom. The van der Waals surface area contributed by atoms with Crippen molar-refractivity contribution in [3.63, 3.8) is 0 Å². The van der Waals surface area contributed by atoms with E-state index in [-0.39, 0.29) is 11.9 Å². The Kier molecular flexibility index (Phi) is 4.99. The number of aromatic nitrogens is 1. The largest absolute Gasteiger partial charge is 0.351 e. The van der Waals surface area contributed by atoms with E-state index < -0.39 is 0 Å². The Morgan fingerprint density at radius 1 is 1.58 bits per heavy atom. The number of pyridine rings is 1. The summed E-state index contributed by atoms with van der Waals surface area (Å²) in [5.74, 6) is 0.614. The van der Waals surface area contributed by atoms with Gasteiger partial charge in [0.05, 0.1) is 5.02 Å². The summed E-state index contributed by atoms with van der Waals surface area (Å²) in [6.07, 6.45) is 3.88. The number of rotatable bonds is 4. The Balaban J connectivity index is 2.14. The summed E-state index contributed by atoms with van der Waals surface area (Å²) in [5, 5.41) is 3.73. The number of anilines is 1. The monoisotopic (exact) mass is 285 g/mol. The van der Waals surface area contributed by atoms with Gasteiger partial charge in [0.2, 0.25) is 0 Å². The molecule has 2 rings (SSSR count). The molecule has 0 aliphatic carbocycles. The van der Waals surface area contributed by atoms with Crippen LogP contribution in [0.1, 0.15) is 26.7 Å². The topological polar surface area (TPSA) is 28.2 Å². The van der Waals surface area contributed by atoms with Crippen molar-refractivity contribution in [2.75, 3.05) is 24.5 Å². The molecule has 1 fully saturated rings. The quantitative estimate of drug-likeness (QED) is 0.921. The maximum Gasteiger partial charge on any atom is 0.167 e. The molecule has 1 aliphatic rings. The third kappa shape index (κ3) is 3.80. The number of piperidine rings is 1. The fourth-order valence-corrected chi connectivity index (χ4v) is 2.66. The van der Waals surface area contributed by atoms with E-state index in [2.05, 4.69) is 24.1 Å². The Labute approximate surface area is 119 Å². The van der Waals surface area contributed by atoms with Gasteiger partial charge in [-0.15, -0.1) is 0 Å². The average molecular weight is 286 g/mol. The summed E-state index contributed by atoms with van der Waals surface area (Å²) in [4.78, 5) is 6.19. The fourth-order valence-electron chi connectivity index (χ4n) is 2.52.